The Morgan fingerprint density at radius 1 is 1.47 bits per heavy atom. The molecule has 2 aliphatic rings. The number of aliphatic hydroxyl groups excluding tert-OH is 1. The maximum atomic E-state index is 11.2. The Labute approximate surface area is 189 Å². The van der Waals surface area contributed by atoms with Crippen molar-refractivity contribution in [2.45, 2.75) is 44.8 Å². The molecule has 0 bridgehead atoms. The predicted molar refractivity (Wildman–Crippen MR) is 126 cm³/mol. The van der Waals surface area contributed by atoms with E-state index < -0.39 is 18.2 Å². The monoisotopic (exact) mass is 443 g/mol. The minimum absolute atomic E-state index is 0.0778. The zero-order chi connectivity index (χ0) is 23.5. The van der Waals surface area contributed by atoms with Crippen LogP contribution >= 0.6 is 0 Å². The van der Waals surface area contributed by atoms with Gasteiger partial charge >= 0.3 is 5.97 Å². The third kappa shape index (κ3) is 7.21. The molecule has 0 aromatic heterocycles. The van der Waals surface area contributed by atoms with Crippen molar-refractivity contribution in [1.29, 1.82) is 0 Å². The normalized spacial score (nSPS) is 26.2. The van der Waals surface area contributed by atoms with Crippen LogP contribution in [0.25, 0.3) is 0 Å². The van der Waals surface area contributed by atoms with Gasteiger partial charge in [-0.25, -0.2) is 10.0 Å². The summed E-state index contributed by atoms with van der Waals surface area (Å²) in [5.41, 5.74) is 7.13. The lowest BCUT2D eigenvalue weighted by Gasteiger charge is -2.27. The second kappa shape index (κ2) is 12.6. The first-order valence-corrected chi connectivity index (χ1v) is 10.6. The number of nitrogens with two attached hydrogens (primary N) is 1. The average Bonchev–Trinajstić information content (AvgIpc) is 2.93. The molecule has 0 spiro atoms. The summed E-state index contributed by atoms with van der Waals surface area (Å²) in [6.07, 6.45) is 13.7. The summed E-state index contributed by atoms with van der Waals surface area (Å²) in [5.74, 6) is 0.605. The van der Waals surface area contributed by atoms with Crippen LogP contribution in [0.2, 0.25) is 0 Å². The van der Waals surface area contributed by atoms with Gasteiger partial charge in [-0.2, -0.15) is 5.10 Å². The summed E-state index contributed by atoms with van der Waals surface area (Å²) in [6, 6.07) is -0.524. The van der Waals surface area contributed by atoms with Crippen molar-refractivity contribution >= 4 is 17.9 Å². The van der Waals surface area contributed by atoms with E-state index in [1.807, 2.05) is 24.3 Å². The second-order valence-electron chi connectivity index (χ2n) is 7.42. The highest BCUT2D eigenvalue weighted by molar-refractivity contribution is 5.98. The van der Waals surface area contributed by atoms with E-state index >= 15 is 0 Å². The number of rotatable bonds is 9. The second-order valence-corrected chi connectivity index (χ2v) is 7.42. The predicted octanol–water partition coefficient (Wildman–Crippen LogP) is 2.82. The van der Waals surface area contributed by atoms with Gasteiger partial charge in [0, 0.05) is 24.4 Å². The van der Waals surface area contributed by atoms with Gasteiger partial charge in [0.2, 0.25) is 0 Å². The van der Waals surface area contributed by atoms with Crippen molar-refractivity contribution in [2.24, 2.45) is 21.7 Å². The first kappa shape index (κ1) is 25.1. The number of nitrogens with zero attached hydrogens (tertiary/aromatic N) is 3. The van der Waals surface area contributed by atoms with Gasteiger partial charge in [0.25, 0.3) is 0 Å². The first-order valence-electron chi connectivity index (χ1n) is 10.6. The van der Waals surface area contributed by atoms with Gasteiger partial charge in [0.05, 0.1) is 25.0 Å². The highest BCUT2D eigenvalue weighted by Gasteiger charge is 2.29. The molecule has 0 aromatic rings. The van der Waals surface area contributed by atoms with Gasteiger partial charge in [0.15, 0.2) is 0 Å². The van der Waals surface area contributed by atoms with E-state index in [4.69, 9.17) is 15.5 Å². The highest BCUT2D eigenvalue weighted by Crippen LogP contribution is 2.23. The van der Waals surface area contributed by atoms with E-state index in [-0.39, 0.29) is 18.1 Å². The fourth-order valence-electron chi connectivity index (χ4n) is 3.50. The fraction of sp³-hybridized carbons (Fsp3) is 0.435. The molecule has 0 radical (unpaired) electrons. The van der Waals surface area contributed by atoms with Gasteiger partial charge in [-0.1, -0.05) is 12.7 Å². The molecule has 0 amide bonds. The van der Waals surface area contributed by atoms with Crippen molar-refractivity contribution in [3.8, 4) is 0 Å². The number of methoxy groups -OCH3 is 1. The van der Waals surface area contributed by atoms with E-state index in [9.17, 15) is 15.0 Å². The van der Waals surface area contributed by atoms with Crippen LogP contribution < -0.4 is 11.1 Å². The van der Waals surface area contributed by atoms with Gasteiger partial charge in [-0.05, 0) is 56.6 Å². The number of aliphatic carboxylic acids is 1. The summed E-state index contributed by atoms with van der Waals surface area (Å²) in [7, 11) is 1.55. The molecule has 0 saturated carbocycles. The van der Waals surface area contributed by atoms with Crippen LogP contribution in [-0.2, 0) is 9.53 Å². The Bertz CT molecular complexity index is 848. The zero-order valence-corrected chi connectivity index (χ0v) is 18.6. The molecule has 1 fully saturated rings. The largest absolute Gasteiger partial charge is 0.512 e. The molecule has 9 heteroatoms. The van der Waals surface area contributed by atoms with Gasteiger partial charge in [-0.3, -0.25) is 4.79 Å². The summed E-state index contributed by atoms with van der Waals surface area (Å²) in [5, 5.41) is 28.1. The number of ether oxygens (including phenoxy) is 1. The van der Waals surface area contributed by atoms with Crippen LogP contribution in [0.15, 0.2) is 70.5 Å². The third-order valence-corrected chi connectivity index (χ3v) is 5.17. The molecule has 3 unspecified atom stereocenters. The summed E-state index contributed by atoms with van der Waals surface area (Å²) < 4.78 is 5.35. The van der Waals surface area contributed by atoms with Crippen LogP contribution in [0.1, 0.15) is 32.6 Å². The zero-order valence-electron chi connectivity index (χ0n) is 18.6. The lowest BCUT2D eigenvalue weighted by atomic mass is 9.90. The summed E-state index contributed by atoms with van der Waals surface area (Å²) >= 11 is 0. The highest BCUT2D eigenvalue weighted by atomic mass is 16.5. The molecule has 2 aliphatic heterocycles. The maximum absolute atomic E-state index is 11.2. The molecule has 2 rings (SSSR count). The van der Waals surface area contributed by atoms with Crippen LogP contribution in [0.4, 0.5) is 0 Å². The number of piperidine rings is 1. The SMILES string of the molecule is C=C/C=C(/O)C/C(=C\C/C=C1\N=C(C2CCC(C(=O)O)NC2)C=CC(N)N1/N=C\C)OC. The van der Waals surface area contributed by atoms with E-state index in [0.29, 0.717) is 31.0 Å². The molecule has 1 saturated heterocycles. The van der Waals surface area contributed by atoms with Crippen molar-refractivity contribution < 1.29 is 19.7 Å². The Kier molecular flexibility index (Phi) is 9.90. The van der Waals surface area contributed by atoms with E-state index in [0.717, 1.165) is 12.1 Å². The van der Waals surface area contributed by atoms with Crippen LogP contribution in [0.3, 0.4) is 0 Å². The van der Waals surface area contributed by atoms with Crippen LogP contribution in [0, 0.1) is 5.92 Å². The molecule has 0 aliphatic carbocycles. The topological polar surface area (TPSA) is 133 Å². The molecule has 0 aromatic carbocycles. The van der Waals surface area contributed by atoms with Crippen LogP contribution in [-0.4, -0.2) is 59.0 Å². The Morgan fingerprint density at radius 2 is 2.25 bits per heavy atom. The standard InChI is InChI=1S/C23H33N5O4/c1-4-7-17(29)14-18(32-3)8-6-9-22-27-19(12-13-21(24)28(22)26-5-2)16-10-11-20(23(30)31)25-15-16/h4-5,7-9,12-13,16,20-21,25,29H,1,6,10-11,14-15,24H2,2-3H3,(H,30,31)/b17-7+,18-8+,22-9+,26-5-. The number of carboxylic acid groups (broad SMARTS) is 1. The number of hydrazone groups is 1. The Balaban J connectivity index is 2.25. The smallest absolute Gasteiger partial charge is 0.320 e. The molecule has 2 heterocycles. The number of hydrogen-bond donors (Lipinski definition) is 4. The quantitative estimate of drug-likeness (QED) is 0.245. The number of carboxylic acids is 1. The lowest BCUT2D eigenvalue weighted by molar-refractivity contribution is -0.140. The molecular weight excluding hydrogens is 410 g/mol. The molecule has 9 nitrogen and oxygen atoms in total. The lowest BCUT2D eigenvalue weighted by Crippen LogP contribution is -2.45. The van der Waals surface area contributed by atoms with E-state index in [1.165, 1.54) is 12.2 Å². The molecule has 174 valence electrons. The minimum Gasteiger partial charge on any atom is -0.512 e. The molecule has 3 atom stereocenters. The molecular formula is C23H33N5O4. The van der Waals surface area contributed by atoms with Gasteiger partial charge < -0.3 is 26.0 Å². The Morgan fingerprint density at radius 3 is 2.84 bits per heavy atom. The number of allylic oxidation sites excluding steroid dienone is 5. The number of aliphatic hydroxyl groups is 1. The third-order valence-electron chi connectivity index (χ3n) is 5.17. The summed E-state index contributed by atoms with van der Waals surface area (Å²) in [4.78, 5) is 16.0. The summed E-state index contributed by atoms with van der Waals surface area (Å²) in [6.45, 7) is 5.90. The Hall–Kier alpha value is -3.17. The number of hydrogen-bond acceptors (Lipinski definition) is 8. The van der Waals surface area contributed by atoms with Crippen molar-refractivity contribution in [3.05, 3.63) is 60.4 Å². The van der Waals surface area contributed by atoms with Crippen molar-refractivity contribution in [3.63, 3.8) is 0 Å². The van der Waals surface area contributed by atoms with E-state index in [1.54, 1.807) is 25.3 Å². The van der Waals surface area contributed by atoms with Crippen molar-refractivity contribution in [1.82, 2.24) is 10.3 Å². The number of carbonyl (C=O) groups is 1. The molecule has 5 N–H and O–H groups in total. The first-order chi connectivity index (χ1) is 15.4. The fourth-order valence-corrected chi connectivity index (χ4v) is 3.50. The average molecular weight is 444 g/mol. The van der Waals surface area contributed by atoms with Gasteiger partial charge in [0.1, 0.15) is 18.0 Å². The van der Waals surface area contributed by atoms with E-state index in [2.05, 4.69) is 17.0 Å². The maximum Gasteiger partial charge on any atom is 0.320 e. The molecule has 32 heavy (non-hydrogen) atoms. The minimum atomic E-state index is -0.831. The van der Waals surface area contributed by atoms with Crippen LogP contribution in [0.5, 0.6) is 0 Å². The number of nitrogens with one attached hydrogen (secondary N) is 1. The number of aliphatic imine (C=N–C) groups is 1. The van der Waals surface area contributed by atoms with Crippen molar-refractivity contribution in [2.75, 3.05) is 13.7 Å². The van der Waals surface area contributed by atoms with Gasteiger partial charge in [-0.15, -0.1) is 0 Å².